The van der Waals surface area contributed by atoms with E-state index in [0.29, 0.717) is 24.2 Å². The summed E-state index contributed by atoms with van der Waals surface area (Å²) in [5, 5.41) is 36.3. The Morgan fingerprint density at radius 1 is 0.952 bits per heavy atom. The van der Waals surface area contributed by atoms with Crippen LogP contribution in [0.5, 0.6) is 0 Å². The van der Waals surface area contributed by atoms with Gasteiger partial charge in [-0.15, -0.1) is 0 Å². The van der Waals surface area contributed by atoms with Crippen LogP contribution in [0.25, 0.3) is 0 Å². The van der Waals surface area contributed by atoms with Crippen LogP contribution in [0.3, 0.4) is 0 Å². The number of aliphatic hydroxyl groups excluding tert-OH is 2. The molecular formula is C24H32BBrN9O6S. The molecule has 0 aromatic carbocycles. The van der Waals surface area contributed by atoms with Crippen LogP contribution in [0, 0.1) is 0 Å². The summed E-state index contributed by atoms with van der Waals surface area (Å²) in [7, 11) is 7.36. The number of urea groups is 2. The molecule has 2 aliphatic heterocycles. The van der Waals surface area contributed by atoms with Crippen molar-refractivity contribution in [2.75, 3.05) is 14.1 Å². The van der Waals surface area contributed by atoms with E-state index in [-0.39, 0.29) is 48.0 Å². The van der Waals surface area contributed by atoms with Gasteiger partial charge in [-0.25, -0.2) is 9.59 Å². The van der Waals surface area contributed by atoms with E-state index in [2.05, 4.69) is 72.6 Å². The summed E-state index contributed by atoms with van der Waals surface area (Å²) in [6.07, 6.45) is 1.42. The molecule has 2 aromatic heterocycles. The summed E-state index contributed by atoms with van der Waals surface area (Å²) in [5.41, 5.74) is 1.15. The Labute approximate surface area is 256 Å². The Hall–Kier alpha value is -3.35. The topological polar surface area (TPSA) is 203 Å². The predicted octanol–water partition coefficient (Wildman–Crippen LogP) is -0.647. The van der Waals surface area contributed by atoms with E-state index >= 15 is 0 Å². The van der Waals surface area contributed by atoms with Gasteiger partial charge in [0.05, 0.1) is 53.1 Å². The van der Waals surface area contributed by atoms with Gasteiger partial charge in [0, 0.05) is 20.3 Å². The number of rotatable bonds is 2. The summed E-state index contributed by atoms with van der Waals surface area (Å²) in [6, 6.07) is 4.65. The number of nitrogens with zero attached hydrogens (tertiary/aromatic N) is 3. The third-order valence-corrected chi connectivity index (χ3v) is 8.49. The zero-order valence-electron chi connectivity index (χ0n) is 22.7. The van der Waals surface area contributed by atoms with Crippen molar-refractivity contribution in [2.24, 2.45) is 4.30 Å². The molecule has 2 aliphatic carbocycles. The molecule has 15 nitrogen and oxygen atoms in total. The van der Waals surface area contributed by atoms with Crippen molar-refractivity contribution < 1.29 is 29.4 Å². The molecule has 2 fully saturated rings. The molecule has 0 unspecified atom stereocenters. The van der Waals surface area contributed by atoms with Crippen molar-refractivity contribution in [1.29, 1.82) is 0 Å². The molecule has 225 valence electrons. The van der Waals surface area contributed by atoms with Crippen LogP contribution in [-0.2, 0) is 0 Å². The van der Waals surface area contributed by atoms with Gasteiger partial charge in [-0.1, -0.05) is 0 Å². The maximum absolute atomic E-state index is 12.1. The maximum atomic E-state index is 12.1. The van der Waals surface area contributed by atoms with Crippen LogP contribution in [0.1, 0.15) is 45.9 Å². The standard InChI is InChI=1S/C12H15BrN4O3.C12H16N4O3.BHNS/c1-14-12(20)16-10-7(18)4-6-9(10)15-11(19)5-2-3-8(13)17(5)6;1-13-12(19)15-10-8(17)5-7-9(10)14-11(18)6-3-2-4-16(6)7;1-2-3/h2-3,6-7,9-10,18H,4H2,1H3,(H,15,19)(H2,14,16,20);2-4,7-10,17H,5H2,1H3,(H,14,18)(H2,13,15,19);3H/t6-,7-,9-,10-;7-,8-,9-,10-;/m11./s1. The van der Waals surface area contributed by atoms with Gasteiger partial charge >= 0.3 is 36.8 Å². The normalized spacial score (nSPS) is 29.7. The third kappa shape index (κ3) is 6.06. The number of fused-ring (bicyclic) bond motifs is 6. The summed E-state index contributed by atoms with van der Waals surface area (Å²) in [6.45, 7) is 0. The monoisotopic (exact) mass is 664 g/mol. The number of aliphatic hydroxyl groups is 2. The molecular weight excluding hydrogens is 633 g/mol. The van der Waals surface area contributed by atoms with Gasteiger partial charge in [-0.2, -0.15) is 0 Å². The van der Waals surface area contributed by atoms with E-state index in [4.69, 9.17) is 0 Å². The molecule has 4 aliphatic rings. The number of thiol groups is 1. The van der Waals surface area contributed by atoms with Gasteiger partial charge in [0.1, 0.15) is 11.4 Å². The quantitative estimate of drug-likeness (QED) is 0.151. The second-order valence-electron chi connectivity index (χ2n) is 10.1. The number of nitrogens with one attached hydrogen (secondary N) is 6. The first-order chi connectivity index (χ1) is 20.1. The number of amides is 6. The van der Waals surface area contributed by atoms with Crippen molar-refractivity contribution in [3.63, 3.8) is 0 Å². The molecule has 6 rings (SSSR count). The molecule has 18 heteroatoms. The fraction of sp³-hybridized carbons (Fsp3) is 0.500. The van der Waals surface area contributed by atoms with Gasteiger partial charge in [-0.05, 0) is 53.0 Å². The second kappa shape index (κ2) is 13.3. The number of hydrogen-bond acceptors (Lipinski definition) is 8. The molecule has 2 saturated carbocycles. The van der Waals surface area contributed by atoms with Gasteiger partial charge < -0.3 is 51.2 Å². The summed E-state index contributed by atoms with van der Waals surface area (Å²) in [5.74, 6) is -0.376. The molecule has 0 bridgehead atoms. The zero-order chi connectivity index (χ0) is 30.7. The second-order valence-corrected chi connectivity index (χ2v) is 11.1. The van der Waals surface area contributed by atoms with Crippen molar-refractivity contribution in [1.82, 2.24) is 41.0 Å². The van der Waals surface area contributed by atoms with Gasteiger partial charge in [0.15, 0.2) is 0 Å². The third-order valence-electron chi connectivity index (χ3n) is 7.84. The molecule has 6 amide bonds. The number of carbonyl (C=O) groups is 4. The first-order valence-electron chi connectivity index (χ1n) is 13.1. The Morgan fingerprint density at radius 2 is 1.45 bits per heavy atom. The van der Waals surface area contributed by atoms with Crippen molar-refractivity contribution in [2.45, 2.75) is 61.3 Å². The van der Waals surface area contributed by atoms with Crippen LogP contribution in [0.15, 0.2) is 39.4 Å². The van der Waals surface area contributed by atoms with Crippen molar-refractivity contribution in [3.05, 3.63) is 46.5 Å². The van der Waals surface area contributed by atoms with Crippen LogP contribution >= 0.6 is 28.7 Å². The van der Waals surface area contributed by atoms with Gasteiger partial charge in [-0.3, -0.25) is 9.59 Å². The fourth-order valence-electron chi connectivity index (χ4n) is 6.05. The molecule has 0 saturated heterocycles. The molecule has 8 N–H and O–H groups in total. The average Bonchev–Trinajstić information content (AvgIpc) is 3.73. The summed E-state index contributed by atoms with van der Waals surface area (Å²) in [4.78, 5) is 46.9. The summed E-state index contributed by atoms with van der Waals surface area (Å²) < 4.78 is 7.24. The van der Waals surface area contributed by atoms with Crippen molar-refractivity contribution in [3.8, 4) is 0 Å². The zero-order valence-corrected chi connectivity index (χ0v) is 25.2. The Bertz CT molecular complexity index is 1360. The van der Waals surface area contributed by atoms with Crippen LogP contribution in [-0.4, -0.2) is 101 Å². The number of carbonyl (C=O) groups excluding carboxylic acids is 4. The number of hydrogen-bond donors (Lipinski definition) is 9. The van der Waals surface area contributed by atoms with Gasteiger partial charge in [0.25, 0.3) is 11.8 Å². The molecule has 8 atom stereocenters. The first-order valence-corrected chi connectivity index (χ1v) is 14.3. The van der Waals surface area contributed by atoms with Crippen LogP contribution in [0.4, 0.5) is 9.59 Å². The Balaban J connectivity index is 0.000000177. The number of halogens is 1. The Kier molecular flexibility index (Phi) is 10.0. The predicted molar refractivity (Wildman–Crippen MR) is 158 cm³/mol. The molecule has 0 spiro atoms. The van der Waals surface area contributed by atoms with Gasteiger partial charge in [0.2, 0.25) is 0 Å². The molecule has 4 heterocycles. The van der Waals surface area contributed by atoms with E-state index < -0.39 is 24.3 Å². The molecule has 1 radical (unpaired) electrons. The van der Waals surface area contributed by atoms with E-state index in [9.17, 15) is 29.4 Å². The minimum atomic E-state index is -0.706. The average molecular weight is 665 g/mol. The SMILES string of the molecule is CNC(=O)N[C@H]1[C@@H]2NC(=O)c3ccc(Br)n3[C@@H]2C[C@H]1O.CNC(=O)N[C@H]1[C@@H]2NC(=O)c3cccn3[C@@H]2C[C@H]1O.[B]=NS. The van der Waals surface area contributed by atoms with E-state index in [1.54, 1.807) is 12.1 Å². The van der Waals surface area contributed by atoms with E-state index in [0.717, 1.165) is 4.60 Å². The fourth-order valence-corrected chi connectivity index (χ4v) is 6.64. The molecule has 2 aromatic rings. The van der Waals surface area contributed by atoms with E-state index in [1.165, 1.54) is 14.1 Å². The number of aromatic nitrogens is 2. The van der Waals surface area contributed by atoms with Crippen LogP contribution < -0.4 is 31.9 Å². The summed E-state index contributed by atoms with van der Waals surface area (Å²) >= 11 is 6.61. The molecule has 42 heavy (non-hydrogen) atoms. The van der Waals surface area contributed by atoms with E-state index in [1.807, 2.05) is 27.5 Å². The minimum absolute atomic E-state index is 0.0279. The van der Waals surface area contributed by atoms with Crippen LogP contribution in [0.2, 0.25) is 0 Å². The first kappa shape index (κ1) is 31.6. The van der Waals surface area contributed by atoms with Crippen molar-refractivity contribution >= 4 is 60.3 Å². The Morgan fingerprint density at radius 3 is 2.00 bits per heavy atom.